The van der Waals surface area contributed by atoms with E-state index in [1.165, 1.54) is 12.1 Å². The van der Waals surface area contributed by atoms with Crippen LogP contribution in [0, 0.1) is 4.77 Å². The van der Waals surface area contributed by atoms with Gasteiger partial charge in [0.05, 0.1) is 5.56 Å². The fraction of sp³-hybridized carbons (Fsp3) is 0.0909. The third-order valence-electron chi connectivity index (χ3n) is 2.34. The fourth-order valence-electron chi connectivity index (χ4n) is 1.48. The number of aromatic amines is 2. The van der Waals surface area contributed by atoms with Gasteiger partial charge >= 0.3 is 0 Å². The number of nitrogens with one attached hydrogen (secondary N) is 2. The van der Waals surface area contributed by atoms with Gasteiger partial charge in [0.1, 0.15) is 5.75 Å². The number of hydrogen-bond donors (Lipinski definition) is 4. The van der Waals surface area contributed by atoms with Gasteiger partial charge in [-0.3, -0.25) is 9.78 Å². The Bertz CT molecular complexity index is 643. The second kappa shape index (κ2) is 4.42. The Balaban J connectivity index is 2.40. The van der Waals surface area contributed by atoms with Gasteiger partial charge in [0.25, 0.3) is 5.56 Å². The molecule has 0 fully saturated rings. The Morgan fingerprint density at radius 2 is 1.76 bits per heavy atom. The highest BCUT2D eigenvalue weighted by molar-refractivity contribution is 7.71. The van der Waals surface area contributed by atoms with Crippen molar-refractivity contribution in [1.29, 1.82) is 0 Å². The quantitative estimate of drug-likeness (QED) is 0.607. The van der Waals surface area contributed by atoms with E-state index in [-0.39, 0.29) is 28.4 Å². The van der Waals surface area contributed by atoms with Gasteiger partial charge in [-0.2, -0.15) is 0 Å². The Morgan fingerprint density at radius 3 is 2.35 bits per heavy atom. The number of phenolic OH excluding ortho intramolecular Hbond substituents is 1. The van der Waals surface area contributed by atoms with E-state index in [1.807, 2.05) is 0 Å². The normalized spacial score (nSPS) is 10.4. The number of H-pyrrole nitrogens is 2. The molecule has 0 amide bonds. The summed E-state index contributed by atoms with van der Waals surface area (Å²) in [5.41, 5.74) is 0.595. The SMILES string of the molecule is O=c1[nH]c(=S)[nH]c(O)c1Cc1ccc(O)cc1. The molecule has 0 aliphatic heterocycles. The Hall–Kier alpha value is -2.08. The zero-order chi connectivity index (χ0) is 12.4. The standard InChI is InChI=1S/C11H10N2O3S/c14-7-3-1-6(2-4-7)5-8-9(15)12-11(17)13-10(8)16/h1-4,14H,5H2,(H3,12,13,15,16,17). The van der Waals surface area contributed by atoms with Crippen LogP contribution in [0.15, 0.2) is 29.1 Å². The van der Waals surface area contributed by atoms with Gasteiger partial charge < -0.3 is 15.2 Å². The second-order valence-electron chi connectivity index (χ2n) is 3.58. The minimum atomic E-state index is -0.417. The molecule has 0 spiro atoms. The lowest BCUT2D eigenvalue weighted by molar-refractivity contribution is 0.443. The predicted octanol–water partition coefficient (Wildman–Crippen LogP) is 1.43. The average molecular weight is 250 g/mol. The van der Waals surface area contributed by atoms with Crippen LogP contribution in [0.25, 0.3) is 0 Å². The molecule has 0 aliphatic rings. The molecule has 88 valence electrons. The highest BCUT2D eigenvalue weighted by Gasteiger charge is 2.08. The zero-order valence-electron chi connectivity index (χ0n) is 8.73. The largest absolute Gasteiger partial charge is 0.508 e. The molecule has 5 nitrogen and oxygen atoms in total. The number of rotatable bonds is 2. The first kappa shape index (κ1) is 11.4. The van der Waals surface area contributed by atoms with Gasteiger partial charge in [0.15, 0.2) is 10.7 Å². The van der Waals surface area contributed by atoms with Gasteiger partial charge in [-0.15, -0.1) is 0 Å². The van der Waals surface area contributed by atoms with E-state index in [2.05, 4.69) is 9.97 Å². The molecule has 0 bridgehead atoms. The number of aromatic hydroxyl groups is 2. The van der Waals surface area contributed by atoms with Crippen LogP contribution in [0.2, 0.25) is 0 Å². The van der Waals surface area contributed by atoms with Gasteiger partial charge in [-0.25, -0.2) is 0 Å². The first-order chi connectivity index (χ1) is 8.06. The van der Waals surface area contributed by atoms with E-state index < -0.39 is 5.56 Å². The van der Waals surface area contributed by atoms with Crippen molar-refractivity contribution in [3.8, 4) is 11.6 Å². The maximum absolute atomic E-state index is 11.6. The molecule has 1 aromatic heterocycles. The molecule has 0 saturated heterocycles. The molecule has 1 aromatic carbocycles. The van der Waals surface area contributed by atoms with Crippen molar-refractivity contribution in [2.24, 2.45) is 0 Å². The Kier molecular flexibility index (Phi) is 2.97. The van der Waals surface area contributed by atoms with Crippen LogP contribution < -0.4 is 5.56 Å². The molecule has 2 rings (SSSR count). The summed E-state index contributed by atoms with van der Waals surface area (Å²) in [6, 6.07) is 6.39. The van der Waals surface area contributed by atoms with Crippen molar-refractivity contribution in [3.63, 3.8) is 0 Å². The first-order valence-electron chi connectivity index (χ1n) is 4.88. The van der Waals surface area contributed by atoms with Crippen molar-refractivity contribution >= 4 is 12.2 Å². The molecule has 6 heteroatoms. The van der Waals surface area contributed by atoms with E-state index in [0.29, 0.717) is 0 Å². The number of phenols is 1. The van der Waals surface area contributed by atoms with Crippen LogP contribution in [0.5, 0.6) is 11.6 Å². The molecule has 17 heavy (non-hydrogen) atoms. The van der Waals surface area contributed by atoms with Crippen molar-refractivity contribution < 1.29 is 10.2 Å². The summed E-state index contributed by atoms with van der Waals surface area (Å²) >= 11 is 4.72. The molecule has 0 atom stereocenters. The van der Waals surface area contributed by atoms with E-state index in [0.717, 1.165) is 5.56 Å². The van der Waals surface area contributed by atoms with Crippen LogP contribution in [-0.4, -0.2) is 20.2 Å². The van der Waals surface area contributed by atoms with E-state index in [4.69, 9.17) is 17.3 Å². The molecule has 0 unspecified atom stereocenters. The number of benzene rings is 1. The third kappa shape index (κ3) is 2.54. The Labute approximate surface area is 101 Å². The second-order valence-corrected chi connectivity index (χ2v) is 3.99. The zero-order valence-corrected chi connectivity index (χ0v) is 9.54. The van der Waals surface area contributed by atoms with Crippen LogP contribution in [0.1, 0.15) is 11.1 Å². The molecular weight excluding hydrogens is 240 g/mol. The average Bonchev–Trinajstić information content (AvgIpc) is 2.26. The monoisotopic (exact) mass is 250 g/mol. The smallest absolute Gasteiger partial charge is 0.259 e. The molecule has 0 saturated carbocycles. The fourth-order valence-corrected chi connectivity index (χ4v) is 1.67. The number of hydrogen-bond acceptors (Lipinski definition) is 4. The molecule has 4 N–H and O–H groups in total. The molecule has 2 aromatic rings. The summed E-state index contributed by atoms with van der Waals surface area (Å²) in [6.45, 7) is 0. The summed E-state index contributed by atoms with van der Waals surface area (Å²) in [7, 11) is 0. The summed E-state index contributed by atoms with van der Waals surface area (Å²) < 4.78 is 0.0851. The lowest BCUT2D eigenvalue weighted by atomic mass is 10.1. The summed E-state index contributed by atoms with van der Waals surface area (Å²) in [6.07, 6.45) is 0.258. The Morgan fingerprint density at radius 1 is 1.12 bits per heavy atom. The van der Waals surface area contributed by atoms with Gasteiger partial charge in [0, 0.05) is 6.42 Å². The number of aromatic nitrogens is 2. The highest BCUT2D eigenvalue weighted by atomic mass is 32.1. The summed E-state index contributed by atoms with van der Waals surface area (Å²) in [5, 5.41) is 18.7. The highest BCUT2D eigenvalue weighted by Crippen LogP contribution is 2.15. The van der Waals surface area contributed by atoms with Crippen molar-refractivity contribution in [3.05, 3.63) is 50.5 Å². The topological polar surface area (TPSA) is 89.1 Å². The van der Waals surface area contributed by atoms with Crippen molar-refractivity contribution in [2.45, 2.75) is 6.42 Å². The molecule has 1 heterocycles. The van der Waals surface area contributed by atoms with Crippen LogP contribution >= 0.6 is 12.2 Å². The first-order valence-corrected chi connectivity index (χ1v) is 5.29. The maximum Gasteiger partial charge on any atom is 0.259 e. The summed E-state index contributed by atoms with van der Waals surface area (Å²) in [5.74, 6) is -0.0776. The van der Waals surface area contributed by atoms with E-state index in [1.54, 1.807) is 12.1 Å². The van der Waals surface area contributed by atoms with Gasteiger partial charge in [0.2, 0.25) is 0 Å². The molecule has 0 aliphatic carbocycles. The maximum atomic E-state index is 11.6. The lowest BCUT2D eigenvalue weighted by Crippen LogP contribution is -2.14. The summed E-state index contributed by atoms with van der Waals surface area (Å²) in [4.78, 5) is 16.5. The minimum Gasteiger partial charge on any atom is -0.508 e. The molecular formula is C11H10N2O3S. The lowest BCUT2D eigenvalue weighted by Gasteiger charge is -2.03. The van der Waals surface area contributed by atoms with E-state index >= 15 is 0 Å². The van der Waals surface area contributed by atoms with Crippen LogP contribution in [0.4, 0.5) is 0 Å². The van der Waals surface area contributed by atoms with Crippen LogP contribution in [-0.2, 0) is 6.42 Å². The predicted molar refractivity (Wildman–Crippen MR) is 64.8 cm³/mol. The van der Waals surface area contributed by atoms with Crippen molar-refractivity contribution in [1.82, 2.24) is 9.97 Å². The van der Waals surface area contributed by atoms with E-state index in [9.17, 15) is 9.90 Å². The van der Waals surface area contributed by atoms with Gasteiger partial charge in [-0.05, 0) is 29.9 Å². The van der Waals surface area contributed by atoms with Gasteiger partial charge in [-0.1, -0.05) is 12.1 Å². The van der Waals surface area contributed by atoms with Crippen LogP contribution in [0.3, 0.4) is 0 Å². The minimum absolute atomic E-state index is 0.0851. The molecule has 0 radical (unpaired) electrons. The third-order valence-corrected chi connectivity index (χ3v) is 2.54. The van der Waals surface area contributed by atoms with Crippen molar-refractivity contribution in [2.75, 3.05) is 0 Å².